The van der Waals surface area contributed by atoms with Gasteiger partial charge in [0.25, 0.3) is 0 Å². The molecule has 0 radical (unpaired) electrons. The van der Waals surface area contributed by atoms with Crippen molar-refractivity contribution in [3.63, 3.8) is 0 Å². The van der Waals surface area contributed by atoms with Crippen molar-refractivity contribution in [2.45, 2.75) is 0 Å². The zero-order valence-electron chi connectivity index (χ0n) is 13.7. The third-order valence-corrected chi connectivity index (χ3v) is 2.43. The van der Waals surface area contributed by atoms with Crippen LogP contribution >= 0.6 is 15.6 Å². The zero-order valence-corrected chi connectivity index (χ0v) is 15.5. The van der Waals surface area contributed by atoms with Crippen molar-refractivity contribution in [3.8, 4) is 0 Å². The summed E-state index contributed by atoms with van der Waals surface area (Å²) in [6, 6.07) is 0. The number of hydrogen-bond donors (Lipinski definition) is 12. The van der Waals surface area contributed by atoms with Crippen molar-refractivity contribution >= 4 is 15.6 Å². The van der Waals surface area contributed by atoms with Crippen molar-refractivity contribution in [2.24, 2.45) is 22.9 Å². The van der Waals surface area contributed by atoms with Crippen molar-refractivity contribution in [2.75, 3.05) is 52.6 Å². The zero-order chi connectivity index (χ0) is 21.4. The molecule has 25 heavy (non-hydrogen) atoms. The predicted molar refractivity (Wildman–Crippen MR) is 89.7 cm³/mol. The second-order valence-corrected chi connectivity index (χ2v) is 5.73. The van der Waals surface area contributed by atoms with Crippen LogP contribution in [-0.2, 0) is 13.4 Å². The molecule has 0 saturated carbocycles. The maximum absolute atomic E-state index is 9.63. The Morgan fingerprint density at radius 3 is 0.680 bits per heavy atom. The van der Waals surface area contributed by atoms with Gasteiger partial charge in [-0.15, -0.1) is 0 Å². The first-order valence-corrected chi connectivity index (χ1v) is 9.49. The van der Waals surface area contributed by atoms with Gasteiger partial charge in [-0.05, 0) is 0 Å². The summed E-state index contributed by atoms with van der Waals surface area (Å²) in [5.74, 6) is 0. The van der Waals surface area contributed by atoms with E-state index in [1.54, 1.807) is 0 Å². The van der Waals surface area contributed by atoms with E-state index >= 15 is 0 Å². The molecule has 0 unspecified atom stereocenters. The highest BCUT2D eigenvalue weighted by Crippen LogP contribution is 2.53. The second kappa shape index (κ2) is 28.7. The van der Waals surface area contributed by atoms with Crippen LogP contribution in [0.5, 0.6) is 0 Å². The van der Waals surface area contributed by atoms with E-state index < -0.39 is 15.6 Å². The fourth-order valence-electron chi connectivity index (χ4n) is 0.139. The van der Waals surface area contributed by atoms with Gasteiger partial charge in [0, 0.05) is 26.2 Å². The Morgan fingerprint density at radius 1 is 0.560 bits per heavy atom. The summed E-state index contributed by atoms with van der Waals surface area (Å²) < 4.78 is 22.2. The van der Waals surface area contributed by atoms with Crippen LogP contribution in [-0.4, -0.2) is 92.6 Å². The number of phosphoric acid groups is 2. The van der Waals surface area contributed by atoms with Gasteiger partial charge in [0.2, 0.25) is 0 Å². The van der Waals surface area contributed by atoms with E-state index in [-0.39, 0.29) is 26.4 Å². The lowest BCUT2D eigenvalue weighted by Gasteiger charge is -2.03. The molecule has 16 N–H and O–H groups in total. The molecular weight excluding hydrogens is 390 g/mol. The number of nitrogens with two attached hydrogens (primary N) is 4. The third-order valence-electron chi connectivity index (χ3n) is 0.729. The smallest absolute Gasteiger partial charge is 0.395 e. The van der Waals surface area contributed by atoms with E-state index in [1.807, 2.05) is 0 Å². The first-order valence-electron chi connectivity index (χ1n) is 6.43. The summed E-state index contributed by atoms with van der Waals surface area (Å²) in [6.45, 7) is 1.89. The molecule has 0 bridgehead atoms. The fourth-order valence-corrected chi connectivity index (χ4v) is 1.25. The largest absolute Gasteiger partial charge is 0.478 e. The summed E-state index contributed by atoms with van der Waals surface area (Å²) in [5, 5.41) is 31.0. The van der Waals surface area contributed by atoms with Gasteiger partial charge in [0.1, 0.15) is 0 Å². The quantitative estimate of drug-likeness (QED) is 0.178. The highest BCUT2D eigenvalue weighted by atomic mass is 31.3. The molecule has 0 aliphatic rings. The molecule has 0 atom stereocenters. The molecule has 0 fully saturated rings. The standard InChI is InChI=1S/4C2H7NO.H4O7P2/c4*3-1-2-4;1-8(2,3)7-9(4,5)6/h4*4H,1-3H2;(H2,1,2,3)(H2,4,5,6). The molecule has 17 heteroatoms. The summed E-state index contributed by atoms with van der Waals surface area (Å²) >= 11 is 0. The molecule has 0 saturated heterocycles. The van der Waals surface area contributed by atoms with Crippen molar-refractivity contribution in [1.82, 2.24) is 0 Å². The Labute approximate surface area is 145 Å². The number of rotatable bonds is 6. The first kappa shape index (κ1) is 35.9. The maximum Gasteiger partial charge on any atom is 0.478 e. The van der Waals surface area contributed by atoms with Gasteiger partial charge in [0.05, 0.1) is 26.4 Å². The summed E-state index contributed by atoms with van der Waals surface area (Å²) in [6.07, 6.45) is 0. The van der Waals surface area contributed by atoms with E-state index in [4.69, 9.17) is 62.9 Å². The summed E-state index contributed by atoms with van der Waals surface area (Å²) in [7, 11) is -10.1. The molecule has 0 rings (SSSR count). The van der Waals surface area contributed by atoms with Gasteiger partial charge in [0.15, 0.2) is 0 Å². The minimum absolute atomic E-state index is 0.0972. The molecule has 0 aromatic carbocycles. The van der Waals surface area contributed by atoms with Crippen LogP contribution in [0.25, 0.3) is 0 Å². The highest BCUT2D eigenvalue weighted by molar-refractivity contribution is 7.60. The van der Waals surface area contributed by atoms with Crippen LogP contribution < -0.4 is 22.9 Å². The third kappa shape index (κ3) is 117. The molecule has 15 nitrogen and oxygen atoms in total. The Morgan fingerprint density at radius 2 is 0.680 bits per heavy atom. The van der Waals surface area contributed by atoms with Crippen LogP contribution in [0.1, 0.15) is 0 Å². The van der Waals surface area contributed by atoms with Crippen LogP contribution in [0.4, 0.5) is 0 Å². The van der Waals surface area contributed by atoms with Gasteiger partial charge < -0.3 is 62.9 Å². The molecule has 0 aromatic rings. The normalized spacial score (nSPS) is 9.76. The minimum atomic E-state index is -5.05. The van der Waals surface area contributed by atoms with E-state index in [0.717, 1.165) is 0 Å². The van der Waals surface area contributed by atoms with Crippen LogP contribution in [0, 0.1) is 0 Å². The van der Waals surface area contributed by atoms with Crippen molar-refractivity contribution in [1.29, 1.82) is 0 Å². The average Bonchev–Trinajstić information content (AvgIpc) is 2.52. The Hall–Kier alpha value is -0.0600. The van der Waals surface area contributed by atoms with Crippen LogP contribution in [0.15, 0.2) is 0 Å². The van der Waals surface area contributed by atoms with Gasteiger partial charge in [-0.25, -0.2) is 9.13 Å². The van der Waals surface area contributed by atoms with Crippen LogP contribution in [0.3, 0.4) is 0 Å². The van der Waals surface area contributed by atoms with E-state index in [9.17, 15) is 9.13 Å². The highest BCUT2D eigenvalue weighted by Gasteiger charge is 2.27. The molecular formula is C8H32N4O11P2. The van der Waals surface area contributed by atoms with Crippen molar-refractivity contribution in [3.05, 3.63) is 0 Å². The lowest BCUT2D eigenvalue weighted by atomic mass is 10.8. The molecule has 0 spiro atoms. The van der Waals surface area contributed by atoms with Crippen molar-refractivity contribution < 1.29 is 53.4 Å². The topological polar surface area (TPSA) is 309 Å². The number of aliphatic hydroxyl groups is 4. The van der Waals surface area contributed by atoms with E-state index in [2.05, 4.69) is 4.31 Å². The van der Waals surface area contributed by atoms with Crippen LogP contribution in [0.2, 0.25) is 0 Å². The van der Waals surface area contributed by atoms with E-state index in [1.165, 1.54) is 0 Å². The second-order valence-electron chi connectivity index (χ2n) is 3.11. The fraction of sp³-hybridized carbons (Fsp3) is 1.00. The average molecular weight is 422 g/mol. The molecule has 0 aromatic heterocycles. The number of hydrogen-bond acceptors (Lipinski definition) is 11. The van der Waals surface area contributed by atoms with E-state index in [0.29, 0.717) is 26.2 Å². The molecule has 0 amide bonds. The Balaban J connectivity index is -0.0000000714. The van der Waals surface area contributed by atoms with Gasteiger partial charge >= 0.3 is 15.6 Å². The molecule has 0 aliphatic heterocycles. The van der Waals surface area contributed by atoms with Gasteiger partial charge in [-0.1, -0.05) is 0 Å². The molecule has 0 aliphatic carbocycles. The predicted octanol–water partition coefficient (Wildman–Crippen LogP) is -5.06. The lowest BCUT2D eigenvalue weighted by Crippen LogP contribution is -2.02. The minimum Gasteiger partial charge on any atom is -0.395 e. The monoisotopic (exact) mass is 422 g/mol. The SMILES string of the molecule is NCCO.NCCO.NCCO.NCCO.O=P(O)(O)OP(=O)(O)O. The lowest BCUT2D eigenvalue weighted by molar-refractivity contribution is 0.225. The van der Waals surface area contributed by atoms with Gasteiger partial charge in [-0.3, -0.25) is 0 Å². The molecule has 160 valence electrons. The Kier molecular flexibility index (Phi) is 41.3. The summed E-state index contributed by atoms with van der Waals surface area (Å²) in [4.78, 5) is 31.0. The first-order chi connectivity index (χ1) is 11.4. The summed E-state index contributed by atoms with van der Waals surface area (Å²) in [5.41, 5.74) is 19.1. The Bertz CT molecular complexity index is 258. The van der Waals surface area contributed by atoms with Gasteiger partial charge in [-0.2, -0.15) is 4.31 Å². The number of aliphatic hydroxyl groups excluding tert-OH is 4. The molecule has 0 heterocycles. The maximum atomic E-state index is 9.63.